The first-order valence-corrected chi connectivity index (χ1v) is 23.2. The van der Waals surface area contributed by atoms with Gasteiger partial charge in [0.25, 0.3) is 0 Å². The van der Waals surface area contributed by atoms with Crippen LogP contribution in [0.2, 0.25) is 0 Å². The van der Waals surface area contributed by atoms with Crippen molar-refractivity contribution in [3.8, 4) is 11.4 Å². The van der Waals surface area contributed by atoms with Crippen molar-refractivity contribution in [3.05, 3.63) is 217 Å². The lowest BCUT2D eigenvalue weighted by atomic mass is 9.44. The third-order valence-electron chi connectivity index (χ3n) is 15.2. The van der Waals surface area contributed by atoms with E-state index in [0.717, 1.165) is 40.6 Å². The van der Waals surface area contributed by atoms with Crippen LogP contribution in [0.4, 0.5) is 45.5 Å². The number of anilines is 8. The van der Waals surface area contributed by atoms with Gasteiger partial charge in [-0.3, -0.25) is 0 Å². The lowest BCUT2D eigenvalue weighted by Gasteiger charge is -2.66. The zero-order chi connectivity index (χ0) is 42.9. The normalized spacial score (nSPS) is 22.4. The Morgan fingerprint density at radius 1 is 0.469 bits per heavy atom. The molecule has 4 bridgehead atoms. The smallest absolute Gasteiger partial charge is 0.159 e. The predicted octanol–water partition coefficient (Wildman–Crippen LogP) is 15.2. The lowest BCUT2D eigenvalue weighted by Crippen LogP contribution is -2.64. The molecule has 8 aromatic rings. The second kappa shape index (κ2) is 15.1. The van der Waals surface area contributed by atoms with Gasteiger partial charge in [-0.1, -0.05) is 105 Å². The van der Waals surface area contributed by atoms with Crippen molar-refractivity contribution < 1.29 is 0 Å². The Kier molecular flexibility index (Phi) is 9.12. The first-order chi connectivity index (χ1) is 31.4. The maximum Gasteiger partial charge on any atom is 0.159 e. The molecule has 1 aromatic heterocycles. The summed E-state index contributed by atoms with van der Waals surface area (Å²) >= 11 is 0. The number of aromatic nitrogens is 2. The Morgan fingerprint density at radius 3 is 1.41 bits per heavy atom. The Balaban J connectivity index is 1.06. The summed E-state index contributed by atoms with van der Waals surface area (Å²) < 4.78 is 0. The molecule has 2 heterocycles. The minimum absolute atomic E-state index is 0.0521. The standard InChI is InChI=1S/C59H53N5/c1-57(2)52-35-50(62(46-19-7-3-8-20-46)47-21-9-4-10-22-47)27-29-54(52)64(55-30-28-51(36-53(55)57)63(48-23-11-5-12-24-48)49-25-13-6-14-26-49)59-39-42-33-43(40-59)38-58(37-42,41-59)45-18-15-17-44(34-45)56-60-31-16-32-61-56/h3-32,34-36,42-43H,33,37-41H2,1-2H3. The van der Waals surface area contributed by atoms with Crippen LogP contribution in [0.1, 0.15) is 69.1 Å². The molecule has 1 aliphatic heterocycles. The summed E-state index contributed by atoms with van der Waals surface area (Å²) in [5.74, 6) is 2.13. The monoisotopic (exact) mass is 831 g/mol. The number of nitrogens with zero attached hydrogens (tertiary/aromatic N) is 5. The van der Waals surface area contributed by atoms with Crippen LogP contribution < -0.4 is 14.7 Å². The maximum atomic E-state index is 4.68. The van der Waals surface area contributed by atoms with E-state index in [1.807, 2.05) is 18.5 Å². The molecule has 0 N–H and O–H groups in total. The van der Waals surface area contributed by atoms with Gasteiger partial charge in [-0.2, -0.15) is 0 Å². The first-order valence-electron chi connectivity index (χ1n) is 23.2. The van der Waals surface area contributed by atoms with Gasteiger partial charge in [0.15, 0.2) is 5.82 Å². The van der Waals surface area contributed by atoms with Crippen LogP contribution in [0.25, 0.3) is 11.4 Å². The summed E-state index contributed by atoms with van der Waals surface area (Å²) in [6.07, 6.45) is 11.1. The highest BCUT2D eigenvalue weighted by atomic mass is 15.2. The fraction of sp³-hybridized carbons (Fsp3) is 0.220. The molecular formula is C59H53N5. The van der Waals surface area contributed by atoms with Gasteiger partial charge >= 0.3 is 0 Å². The first kappa shape index (κ1) is 38.7. The average molecular weight is 832 g/mol. The van der Waals surface area contributed by atoms with E-state index in [0.29, 0.717) is 11.8 Å². The Hall–Kier alpha value is -6.98. The SMILES string of the molecule is CC1(C)c2cc(N(c3ccccc3)c3ccccc3)ccc2N(C23CC4CC(CC(c5cccc(-c6ncccn6)c5)(C4)C2)C3)c2ccc(N(c3ccccc3)c3ccccc3)cc21. The number of benzene rings is 7. The Morgan fingerprint density at radius 2 is 0.938 bits per heavy atom. The van der Waals surface area contributed by atoms with E-state index in [2.05, 4.69) is 221 Å². The van der Waals surface area contributed by atoms with Crippen LogP contribution in [-0.2, 0) is 10.8 Å². The zero-order valence-electron chi connectivity index (χ0n) is 36.7. The molecule has 314 valence electrons. The molecule has 64 heavy (non-hydrogen) atoms. The van der Waals surface area contributed by atoms with E-state index < -0.39 is 0 Å². The number of hydrogen-bond acceptors (Lipinski definition) is 5. The molecule has 0 spiro atoms. The largest absolute Gasteiger partial charge is 0.335 e. The second-order valence-corrected chi connectivity index (χ2v) is 19.5. The zero-order valence-corrected chi connectivity index (χ0v) is 36.7. The van der Waals surface area contributed by atoms with E-state index in [4.69, 9.17) is 0 Å². The molecule has 7 aromatic carbocycles. The summed E-state index contributed by atoms with van der Waals surface area (Å²) in [5, 5.41) is 0. The summed E-state index contributed by atoms with van der Waals surface area (Å²) in [6.45, 7) is 4.91. The summed E-state index contributed by atoms with van der Waals surface area (Å²) in [5.41, 5.74) is 14.6. The topological polar surface area (TPSA) is 35.5 Å². The van der Waals surface area contributed by atoms with Crippen molar-refractivity contribution in [1.82, 2.24) is 9.97 Å². The van der Waals surface area contributed by atoms with Gasteiger partial charge in [0.1, 0.15) is 0 Å². The Labute approximate surface area is 377 Å². The van der Waals surface area contributed by atoms with Gasteiger partial charge < -0.3 is 14.7 Å². The fourth-order valence-electron chi connectivity index (χ4n) is 13.0. The average Bonchev–Trinajstić information content (AvgIpc) is 3.33. The van der Waals surface area contributed by atoms with E-state index in [1.54, 1.807) is 0 Å². The van der Waals surface area contributed by atoms with Crippen LogP contribution >= 0.6 is 0 Å². The van der Waals surface area contributed by atoms with Gasteiger partial charge in [0.2, 0.25) is 0 Å². The summed E-state index contributed by atoms with van der Waals surface area (Å²) in [6, 6.07) is 69.3. The summed E-state index contributed by atoms with van der Waals surface area (Å²) in [4.78, 5) is 17.1. The molecule has 13 rings (SSSR count). The molecule has 5 nitrogen and oxygen atoms in total. The van der Waals surface area contributed by atoms with Crippen LogP contribution in [0, 0.1) is 11.8 Å². The number of hydrogen-bond donors (Lipinski definition) is 0. The van der Waals surface area contributed by atoms with Crippen LogP contribution in [0.15, 0.2) is 200 Å². The molecule has 4 aliphatic carbocycles. The molecular weight excluding hydrogens is 779 g/mol. The molecule has 0 amide bonds. The number of para-hydroxylation sites is 4. The van der Waals surface area contributed by atoms with Gasteiger partial charge in [-0.25, -0.2) is 9.97 Å². The molecule has 5 aliphatic rings. The van der Waals surface area contributed by atoms with Crippen molar-refractivity contribution >= 4 is 45.5 Å². The highest BCUT2D eigenvalue weighted by Crippen LogP contribution is 2.67. The van der Waals surface area contributed by atoms with Crippen LogP contribution in [-0.4, -0.2) is 15.5 Å². The summed E-state index contributed by atoms with van der Waals surface area (Å²) in [7, 11) is 0. The highest BCUT2D eigenvalue weighted by molar-refractivity contribution is 5.87. The predicted molar refractivity (Wildman–Crippen MR) is 263 cm³/mol. The van der Waals surface area contributed by atoms with Crippen molar-refractivity contribution in [2.75, 3.05) is 14.7 Å². The van der Waals surface area contributed by atoms with Crippen LogP contribution in [0.5, 0.6) is 0 Å². The van der Waals surface area contributed by atoms with Crippen molar-refractivity contribution in [3.63, 3.8) is 0 Å². The van der Waals surface area contributed by atoms with Gasteiger partial charge in [-0.05, 0) is 170 Å². The van der Waals surface area contributed by atoms with E-state index >= 15 is 0 Å². The van der Waals surface area contributed by atoms with Gasteiger partial charge in [-0.15, -0.1) is 0 Å². The third kappa shape index (κ3) is 6.35. The van der Waals surface area contributed by atoms with Crippen molar-refractivity contribution in [1.29, 1.82) is 0 Å². The van der Waals surface area contributed by atoms with Gasteiger partial charge in [0, 0.05) is 74.4 Å². The molecule has 5 heteroatoms. The highest BCUT2D eigenvalue weighted by Gasteiger charge is 2.61. The van der Waals surface area contributed by atoms with E-state index in [-0.39, 0.29) is 16.4 Å². The maximum absolute atomic E-state index is 4.68. The van der Waals surface area contributed by atoms with Gasteiger partial charge in [0.05, 0.1) is 0 Å². The molecule has 4 fully saturated rings. The molecule has 0 radical (unpaired) electrons. The third-order valence-corrected chi connectivity index (χ3v) is 15.2. The fourth-order valence-corrected chi connectivity index (χ4v) is 13.0. The minimum atomic E-state index is -0.324. The molecule has 2 atom stereocenters. The van der Waals surface area contributed by atoms with E-state index in [9.17, 15) is 0 Å². The Bertz CT molecular complexity index is 2720. The molecule has 4 saturated carbocycles. The lowest BCUT2D eigenvalue weighted by molar-refractivity contribution is -0.0227. The molecule has 2 unspecified atom stereocenters. The quantitative estimate of drug-likeness (QED) is 0.145. The van der Waals surface area contributed by atoms with Crippen molar-refractivity contribution in [2.24, 2.45) is 11.8 Å². The minimum Gasteiger partial charge on any atom is -0.335 e. The van der Waals surface area contributed by atoms with Crippen LogP contribution in [0.3, 0.4) is 0 Å². The second-order valence-electron chi connectivity index (χ2n) is 19.5. The van der Waals surface area contributed by atoms with E-state index in [1.165, 1.54) is 71.5 Å². The number of rotatable bonds is 9. The molecule has 0 saturated heterocycles. The van der Waals surface area contributed by atoms with Crippen molar-refractivity contribution in [2.45, 2.75) is 68.7 Å². The number of fused-ring (bicyclic) bond motifs is 2.